The third kappa shape index (κ3) is 2.27. The first-order chi connectivity index (χ1) is 9.19. The number of hydrogen-bond donors (Lipinski definition) is 1. The smallest absolute Gasteiger partial charge is 0.227 e. The molecular formula is C14H22N4O. The number of amides is 1. The maximum atomic E-state index is 12.4. The zero-order valence-corrected chi connectivity index (χ0v) is 11.7. The molecule has 0 bridgehead atoms. The highest BCUT2D eigenvalue weighted by Gasteiger charge is 2.41. The highest BCUT2D eigenvalue weighted by Crippen LogP contribution is 2.27. The van der Waals surface area contributed by atoms with Crippen LogP contribution in [0.15, 0.2) is 6.07 Å². The highest BCUT2D eigenvalue weighted by molar-refractivity contribution is 5.82. The maximum absolute atomic E-state index is 12.4. The molecule has 2 aliphatic heterocycles. The van der Waals surface area contributed by atoms with Crippen molar-refractivity contribution in [1.29, 1.82) is 0 Å². The lowest BCUT2D eigenvalue weighted by molar-refractivity contribution is -0.132. The van der Waals surface area contributed by atoms with Crippen molar-refractivity contribution >= 4 is 5.91 Å². The van der Waals surface area contributed by atoms with Crippen molar-refractivity contribution in [2.24, 2.45) is 13.0 Å². The number of carbonyl (C=O) groups is 1. The summed E-state index contributed by atoms with van der Waals surface area (Å²) in [6, 6.07) is 2.47. The molecule has 3 heterocycles. The van der Waals surface area contributed by atoms with Crippen LogP contribution in [0.2, 0.25) is 0 Å². The second kappa shape index (κ2) is 4.96. The summed E-state index contributed by atoms with van der Waals surface area (Å²) >= 11 is 0. The number of carbonyl (C=O) groups excluding carboxylic acids is 1. The highest BCUT2D eigenvalue weighted by atomic mass is 16.2. The molecule has 1 aromatic rings. The molecule has 2 saturated heterocycles. The number of aromatic nitrogens is 2. The van der Waals surface area contributed by atoms with E-state index >= 15 is 0 Å². The molecule has 2 fully saturated rings. The standard InChI is InChI=1S/C14H22N4O/c1-3-10-7-11(17(2)16-10)8-18-9-13-12(14(18)19)5-4-6-15-13/h7,12-13,15H,3-6,8-9H2,1-2H3. The minimum atomic E-state index is 0.202. The van der Waals surface area contributed by atoms with Crippen molar-refractivity contribution in [3.8, 4) is 0 Å². The van der Waals surface area contributed by atoms with E-state index in [0.29, 0.717) is 18.5 Å². The van der Waals surface area contributed by atoms with Crippen LogP contribution in [0, 0.1) is 5.92 Å². The zero-order valence-electron chi connectivity index (χ0n) is 11.7. The van der Waals surface area contributed by atoms with Gasteiger partial charge in [-0.05, 0) is 31.9 Å². The lowest BCUT2D eigenvalue weighted by Crippen LogP contribution is -2.41. The van der Waals surface area contributed by atoms with Crippen LogP contribution in [0.25, 0.3) is 0 Å². The quantitative estimate of drug-likeness (QED) is 0.872. The van der Waals surface area contributed by atoms with Gasteiger partial charge in [0, 0.05) is 19.6 Å². The molecule has 0 spiro atoms. The summed E-state index contributed by atoms with van der Waals surface area (Å²) in [6.45, 7) is 4.69. The molecule has 104 valence electrons. The molecule has 0 saturated carbocycles. The Hall–Kier alpha value is -1.36. The number of likely N-dealkylation sites (tertiary alicyclic amines) is 1. The van der Waals surface area contributed by atoms with Crippen LogP contribution in [0.5, 0.6) is 0 Å². The summed E-state index contributed by atoms with van der Waals surface area (Å²) in [6.07, 6.45) is 3.10. The van der Waals surface area contributed by atoms with E-state index in [1.54, 1.807) is 0 Å². The van der Waals surface area contributed by atoms with Gasteiger partial charge in [0.2, 0.25) is 5.91 Å². The first-order valence-electron chi connectivity index (χ1n) is 7.23. The van der Waals surface area contributed by atoms with Gasteiger partial charge in [-0.3, -0.25) is 9.48 Å². The molecule has 2 unspecified atom stereocenters. The van der Waals surface area contributed by atoms with Crippen molar-refractivity contribution in [1.82, 2.24) is 20.0 Å². The van der Waals surface area contributed by atoms with E-state index in [9.17, 15) is 4.79 Å². The number of fused-ring (bicyclic) bond motifs is 1. The second-order valence-electron chi connectivity index (χ2n) is 5.63. The number of aryl methyl sites for hydroxylation is 2. The lowest BCUT2D eigenvalue weighted by atomic mass is 9.94. The summed E-state index contributed by atoms with van der Waals surface area (Å²) in [5, 5.41) is 7.92. The first kappa shape index (κ1) is 12.7. The van der Waals surface area contributed by atoms with Gasteiger partial charge in [-0.25, -0.2) is 0 Å². The number of hydrogen-bond acceptors (Lipinski definition) is 3. The minimum Gasteiger partial charge on any atom is -0.335 e. The van der Waals surface area contributed by atoms with Gasteiger partial charge in [-0.15, -0.1) is 0 Å². The Labute approximate surface area is 114 Å². The molecule has 1 aromatic heterocycles. The van der Waals surface area contributed by atoms with Crippen LogP contribution < -0.4 is 5.32 Å². The van der Waals surface area contributed by atoms with Crippen molar-refractivity contribution in [3.63, 3.8) is 0 Å². The lowest BCUT2D eigenvalue weighted by Gasteiger charge is -2.23. The summed E-state index contributed by atoms with van der Waals surface area (Å²) in [5.41, 5.74) is 2.23. The molecule has 1 N–H and O–H groups in total. The van der Waals surface area contributed by atoms with Gasteiger partial charge in [0.05, 0.1) is 23.9 Å². The molecule has 5 nitrogen and oxygen atoms in total. The van der Waals surface area contributed by atoms with Crippen LogP contribution >= 0.6 is 0 Å². The topological polar surface area (TPSA) is 50.2 Å². The fourth-order valence-corrected chi connectivity index (χ4v) is 3.23. The fraction of sp³-hybridized carbons (Fsp3) is 0.714. The van der Waals surface area contributed by atoms with Gasteiger partial charge >= 0.3 is 0 Å². The third-order valence-electron chi connectivity index (χ3n) is 4.37. The van der Waals surface area contributed by atoms with E-state index < -0.39 is 0 Å². The van der Waals surface area contributed by atoms with Crippen LogP contribution in [0.1, 0.15) is 31.2 Å². The summed E-state index contributed by atoms with van der Waals surface area (Å²) in [5.74, 6) is 0.518. The number of piperidine rings is 1. The van der Waals surface area contributed by atoms with E-state index in [-0.39, 0.29) is 5.92 Å². The number of nitrogens with zero attached hydrogens (tertiary/aromatic N) is 3. The van der Waals surface area contributed by atoms with Crippen LogP contribution in [0.4, 0.5) is 0 Å². The van der Waals surface area contributed by atoms with Crippen molar-refractivity contribution in [2.75, 3.05) is 13.1 Å². The van der Waals surface area contributed by atoms with Crippen molar-refractivity contribution < 1.29 is 4.79 Å². The zero-order chi connectivity index (χ0) is 13.4. The second-order valence-corrected chi connectivity index (χ2v) is 5.63. The molecule has 0 radical (unpaired) electrons. The third-order valence-corrected chi connectivity index (χ3v) is 4.37. The summed E-state index contributed by atoms with van der Waals surface area (Å²) < 4.78 is 1.90. The molecule has 2 aliphatic rings. The van der Waals surface area contributed by atoms with E-state index in [2.05, 4.69) is 23.4 Å². The molecule has 19 heavy (non-hydrogen) atoms. The van der Waals surface area contributed by atoms with Gasteiger partial charge in [0.25, 0.3) is 0 Å². The molecule has 2 atom stereocenters. The van der Waals surface area contributed by atoms with E-state index in [0.717, 1.165) is 43.7 Å². The van der Waals surface area contributed by atoms with E-state index in [4.69, 9.17) is 0 Å². The summed E-state index contributed by atoms with van der Waals surface area (Å²) in [4.78, 5) is 14.4. The predicted octanol–water partition coefficient (Wildman–Crippen LogP) is 0.693. The van der Waals surface area contributed by atoms with E-state index in [1.165, 1.54) is 0 Å². The molecular weight excluding hydrogens is 240 g/mol. The normalized spacial score (nSPS) is 26.8. The average molecular weight is 262 g/mol. The van der Waals surface area contributed by atoms with Crippen molar-refractivity contribution in [2.45, 2.75) is 38.8 Å². The van der Waals surface area contributed by atoms with Gasteiger partial charge < -0.3 is 10.2 Å². The van der Waals surface area contributed by atoms with Crippen LogP contribution in [0.3, 0.4) is 0 Å². The molecule has 3 rings (SSSR count). The molecule has 1 amide bonds. The Kier molecular flexibility index (Phi) is 3.31. The van der Waals surface area contributed by atoms with Gasteiger partial charge in [-0.1, -0.05) is 6.92 Å². The Bertz CT molecular complexity index is 482. The predicted molar refractivity (Wildman–Crippen MR) is 72.5 cm³/mol. The van der Waals surface area contributed by atoms with Gasteiger partial charge in [-0.2, -0.15) is 5.10 Å². The molecule has 0 aliphatic carbocycles. The monoisotopic (exact) mass is 262 g/mol. The Morgan fingerprint density at radius 1 is 1.53 bits per heavy atom. The fourth-order valence-electron chi connectivity index (χ4n) is 3.23. The van der Waals surface area contributed by atoms with Crippen LogP contribution in [-0.4, -0.2) is 39.7 Å². The minimum absolute atomic E-state index is 0.202. The largest absolute Gasteiger partial charge is 0.335 e. The van der Waals surface area contributed by atoms with Gasteiger partial charge in [0.1, 0.15) is 0 Å². The molecule has 5 heteroatoms. The van der Waals surface area contributed by atoms with E-state index in [1.807, 2.05) is 16.6 Å². The average Bonchev–Trinajstić information content (AvgIpc) is 2.93. The molecule has 0 aromatic carbocycles. The van der Waals surface area contributed by atoms with Crippen molar-refractivity contribution in [3.05, 3.63) is 17.5 Å². The Morgan fingerprint density at radius 3 is 3.05 bits per heavy atom. The van der Waals surface area contributed by atoms with Crippen LogP contribution in [-0.2, 0) is 24.8 Å². The SMILES string of the molecule is CCc1cc(CN2CC3NCCCC3C2=O)n(C)n1. The number of rotatable bonds is 3. The Morgan fingerprint density at radius 2 is 2.37 bits per heavy atom. The summed E-state index contributed by atoms with van der Waals surface area (Å²) in [7, 11) is 1.96. The maximum Gasteiger partial charge on any atom is 0.227 e. The number of nitrogens with one attached hydrogen (secondary N) is 1. The Balaban J connectivity index is 1.73. The van der Waals surface area contributed by atoms with Gasteiger partial charge in [0.15, 0.2) is 0 Å². The first-order valence-corrected chi connectivity index (χ1v) is 7.23.